The van der Waals surface area contributed by atoms with E-state index in [0.29, 0.717) is 16.5 Å². The number of phenols is 1. The number of hydrogen-bond acceptors (Lipinski definition) is 4. The van der Waals surface area contributed by atoms with E-state index in [2.05, 4.69) is 21.2 Å². The van der Waals surface area contributed by atoms with E-state index in [4.69, 9.17) is 20.8 Å². The number of nitrogens with one attached hydrogen (secondary N) is 1. The third kappa shape index (κ3) is 4.35. The maximum absolute atomic E-state index is 12.2. The van der Waals surface area contributed by atoms with Gasteiger partial charge in [-0.1, -0.05) is 23.7 Å². The number of para-hydroxylation sites is 1. The van der Waals surface area contributed by atoms with Crippen molar-refractivity contribution in [1.29, 1.82) is 0 Å². The summed E-state index contributed by atoms with van der Waals surface area (Å²) >= 11 is 9.25. The molecule has 3 aromatic rings. The molecule has 0 aliphatic rings. The summed E-state index contributed by atoms with van der Waals surface area (Å²) in [6, 6.07) is 15.0. The number of anilines is 1. The molecule has 0 spiro atoms. The highest BCUT2D eigenvalue weighted by molar-refractivity contribution is 9.10. The standard InChI is InChI=1S/C18H13BrClNO4/c19-13-3-1-2-4-16(13)24-10-12-6-8-17(25-12)18(23)21-14-9-11(20)5-7-15(14)22/h1-9,22H,10H2,(H,21,23). The maximum atomic E-state index is 12.2. The van der Waals surface area contributed by atoms with Gasteiger partial charge in [0.2, 0.25) is 0 Å². The zero-order valence-electron chi connectivity index (χ0n) is 12.8. The molecule has 0 bridgehead atoms. The quantitative estimate of drug-likeness (QED) is 0.552. The van der Waals surface area contributed by atoms with E-state index in [0.717, 1.165) is 4.47 Å². The first-order chi connectivity index (χ1) is 12.0. The monoisotopic (exact) mass is 421 g/mol. The van der Waals surface area contributed by atoms with Crippen LogP contribution in [0.2, 0.25) is 5.02 Å². The first-order valence-electron chi connectivity index (χ1n) is 7.29. The summed E-state index contributed by atoms with van der Waals surface area (Å²) in [5.41, 5.74) is 0.208. The van der Waals surface area contributed by atoms with Crippen LogP contribution in [-0.2, 0) is 6.61 Å². The first kappa shape index (κ1) is 17.4. The molecule has 0 unspecified atom stereocenters. The molecule has 25 heavy (non-hydrogen) atoms. The summed E-state index contributed by atoms with van der Waals surface area (Å²) in [6.45, 7) is 0.179. The largest absolute Gasteiger partial charge is 0.506 e. The van der Waals surface area contributed by atoms with Gasteiger partial charge in [-0.05, 0) is 58.4 Å². The highest BCUT2D eigenvalue weighted by atomic mass is 79.9. The fraction of sp³-hybridized carbons (Fsp3) is 0.0556. The summed E-state index contributed by atoms with van der Waals surface area (Å²) in [4.78, 5) is 12.2. The van der Waals surface area contributed by atoms with Crippen molar-refractivity contribution in [2.45, 2.75) is 6.61 Å². The summed E-state index contributed by atoms with van der Waals surface area (Å²) in [7, 11) is 0. The summed E-state index contributed by atoms with van der Waals surface area (Å²) in [5, 5.41) is 12.7. The highest BCUT2D eigenvalue weighted by Gasteiger charge is 2.14. The van der Waals surface area contributed by atoms with Crippen molar-refractivity contribution in [2.24, 2.45) is 0 Å². The number of ether oxygens (including phenoxy) is 1. The number of phenolic OH excluding ortho intramolecular Hbond substituents is 1. The Morgan fingerprint density at radius 1 is 1.20 bits per heavy atom. The minimum Gasteiger partial charge on any atom is -0.506 e. The van der Waals surface area contributed by atoms with Gasteiger partial charge >= 0.3 is 0 Å². The molecule has 0 aliphatic heterocycles. The van der Waals surface area contributed by atoms with Crippen LogP contribution in [0.5, 0.6) is 11.5 Å². The first-order valence-corrected chi connectivity index (χ1v) is 8.46. The Morgan fingerprint density at radius 2 is 2.00 bits per heavy atom. The molecule has 0 aliphatic carbocycles. The van der Waals surface area contributed by atoms with Gasteiger partial charge in [0.1, 0.15) is 23.9 Å². The molecule has 3 rings (SSSR count). The van der Waals surface area contributed by atoms with E-state index in [1.165, 1.54) is 24.3 Å². The fourth-order valence-electron chi connectivity index (χ4n) is 2.08. The molecular formula is C18H13BrClNO4. The Kier molecular flexibility index (Phi) is 5.31. The van der Waals surface area contributed by atoms with Crippen LogP contribution >= 0.6 is 27.5 Å². The number of rotatable bonds is 5. The van der Waals surface area contributed by atoms with Crippen molar-refractivity contribution < 1.29 is 19.1 Å². The van der Waals surface area contributed by atoms with Crippen LogP contribution < -0.4 is 10.1 Å². The van der Waals surface area contributed by atoms with E-state index in [1.807, 2.05) is 24.3 Å². The highest BCUT2D eigenvalue weighted by Crippen LogP contribution is 2.28. The smallest absolute Gasteiger partial charge is 0.291 e. The number of amides is 1. The Bertz CT molecular complexity index is 910. The van der Waals surface area contributed by atoms with E-state index in [-0.39, 0.29) is 23.8 Å². The van der Waals surface area contributed by atoms with Crippen molar-refractivity contribution in [3.8, 4) is 11.5 Å². The SMILES string of the molecule is O=C(Nc1cc(Cl)ccc1O)c1ccc(COc2ccccc2Br)o1. The number of benzene rings is 2. The lowest BCUT2D eigenvalue weighted by Crippen LogP contribution is -2.11. The van der Waals surface area contributed by atoms with Crippen molar-refractivity contribution in [2.75, 3.05) is 5.32 Å². The van der Waals surface area contributed by atoms with Gasteiger partial charge in [0.15, 0.2) is 5.76 Å². The summed E-state index contributed by atoms with van der Waals surface area (Å²) in [6.07, 6.45) is 0. The third-order valence-corrected chi connectivity index (χ3v) is 4.19. The molecule has 7 heteroatoms. The Labute approximate surface area is 157 Å². The molecule has 2 N–H and O–H groups in total. The predicted octanol–water partition coefficient (Wildman–Crippen LogP) is 5.23. The van der Waals surface area contributed by atoms with Gasteiger partial charge in [-0.2, -0.15) is 0 Å². The van der Waals surface area contributed by atoms with E-state index in [9.17, 15) is 9.90 Å². The molecule has 0 saturated heterocycles. The normalized spacial score (nSPS) is 10.5. The van der Waals surface area contributed by atoms with Crippen molar-refractivity contribution in [1.82, 2.24) is 0 Å². The number of carbonyl (C=O) groups excluding carboxylic acids is 1. The minimum atomic E-state index is -0.496. The van der Waals surface area contributed by atoms with E-state index >= 15 is 0 Å². The van der Waals surface area contributed by atoms with Crippen molar-refractivity contribution in [3.63, 3.8) is 0 Å². The van der Waals surface area contributed by atoms with E-state index in [1.54, 1.807) is 6.07 Å². The number of carbonyl (C=O) groups is 1. The zero-order valence-corrected chi connectivity index (χ0v) is 15.2. The van der Waals surface area contributed by atoms with Crippen LogP contribution in [0.25, 0.3) is 0 Å². The summed E-state index contributed by atoms with van der Waals surface area (Å²) < 4.78 is 12.0. The van der Waals surface area contributed by atoms with Gasteiger partial charge in [0.25, 0.3) is 5.91 Å². The fourth-order valence-corrected chi connectivity index (χ4v) is 2.65. The molecule has 0 atom stereocenters. The second-order valence-electron chi connectivity index (χ2n) is 5.10. The van der Waals surface area contributed by atoms with Gasteiger partial charge in [-0.15, -0.1) is 0 Å². The van der Waals surface area contributed by atoms with Crippen molar-refractivity contribution >= 4 is 39.1 Å². The third-order valence-electron chi connectivity index (χ3n) is 3.30. The lowest BCUT2D eigenvalue weighted by molar-refractivity contribution is 0.0992. The predicted molar refractivity (Wildman–Crippen MR) is 98.3 cm³/mol. The molecule has 1 amide bonds. The van der Waals surface area contributed by atoms with E-state index < -0.39 is 5.91 Å². The molecule has 5 nitrogen and oxygen atoms in total. The Morgan fingerprint density at radius 3 is 2.80 bits per heavy atom. The summed E-state index contributed by atoms with van der Waals surface area (Å²) in [5.74, 6) is 0.696. The topological polar surface area (TPSA) is 71.7 Å². The van der Waals surface area contributed by atoms with Gasteiger partial charge in [-0.3, -0.25) is 4.79 Å². The number of hydrogen-bond donors (Lipinski definition) is 2. The second kappa shape index (κ2) is 7.63. The number of halogens is 2. The van der Waals surface area contributed by atoms with Crippen LogP contribution in [-0.4, -0.2) is 11.0 Å². The maximum Gasteiger partial charge on any atom is 0.291 e. The molecule has 1 aromatic heterocycles. The van der Waals surface area contributed by atoms with Gasteiger partial charge in [0, 0.05) is 5.02 Å². The molecular weight excluding hydrogens is 410 g/mol. The molecule has 0 radical (unpaired) electrons. The minimum absolute atomic E-state index is 0.0817. The average molecular weight is 423 g/mol. The van der Waals surface area contributed by atoms with Crippen LogP contribution in [0.15, 0.2) is 63.5 Å². The lowest BCUT2D eigenvalue weighted by Gasteiger charge is -2.07. The van der Waals surface area contributed by atoms with Crippen LogP contribution in [0.1, 0.15) is 16.3 Å². The van der Waals surface area contributed by atoms with Crippen molar-refractivity contribution in [3.05, 3.63) is 75.6 Å². The number of aromatic hydroxyl groups is 1. The van der Waals surface area contributed by atoms with Gasteiger partial charge in [0.05, 0.1) is 10.2 Å². The Balaban J connectivity index is 1.65. The zero-order chi connectivity index (χ0) is 17.8. The van der Waals surface area contributed by atoms with Gasteiger partial charge in [-0.25, -0.2) is 0 Å². The lowest BCUT2D eigenvalue weighted by atomic mass is 10.3. The van der Waals surface area contributed by atoms with Gasteiger partial charge < -0.3 is 19.6 Å². The van der Waals surface area contributed by atoms with Crippen LogP contribution in [0, 0.1) is 0 Å². The number of furan rings is 1. The molecule has 1 heterocycles. The van der Waals surface area contributed by atoms with Crippen LogP contribution in [0.4, 0.5) is 5.69 Å². The molecule has 0 saturated carbocycles. The second-order valence-corrected chi connectivity index (χ2v) is 6.39. The Hall–Kier alpha value is -2.44. The molecule has 0 fully saturated rings. The molecule has 2 aromatic carbocycles. The van der Waals surface area contributed by atoms with Crippen LogP contribution in [0.3, 0.4) is 0 Å². The molecule has 128 valence electrons. The average Bonchev–Trinajstić information content (AvgIpc) is 3.06.